The Bertz CT molecular complexity index is 862. The first-order chi connectivity index (χ1) is 16.0. The summed E-state index contributed by atoms with van der Waals surface area (Å²) in [5.74, 6) is 1.52. The molecule has 1 fully saturated rings. The van der Waals surface area contributed by atoms with Gasteiger partial charge in [-0.2, -0.15) is 0 Å². The molecule has 4 rings (SSSR count). The lowest BCUT2D eigenvalue weighted by Crippen LogP contribution is -2.33. The fourth-order valence-electron chi connectivity index (χ4n) is 5.83. The van der Waals surface area contributed by atoms with Crippen LogP contribution < -0.4 is 9.47 Å². The van der Waals surface area contributed by atoms with Crippen molar-refractivity contribution < 1.29 is 14.3 Å². The number of hydrogen-bond acceptors (Lipinski definition) is 4. The van der Waals surface area contributed by atoms with Crippen molar-refractivity contribution in [3.05, 3.63) is 28.8 Å². The number of rotatable bonds is 9. The second-order valence-electron chi connectivity index (χ2n) is 10.7. The molecule has 1 aliphatic carbocycles. The molecule has 0 unspecified atom stereocenters. The molecule has 0 bridgehead atoms. The van der Waals surface area contributed by atoms with E-state index in [-0.39, 0.29) is 11.6 Å². The van der Waals surface area contributed by atoms with Gasteiger partial charge in [-0.1, -0.05) is 32.6 Å². The van der Waals surface area contributed by atoms with Crippen molar-refractivity contribution >= 4 is 11.5 Å². The van der Waals surface area contributed by atoms with Crippen LogP contribution in [0.3, 0.4) is 0 Å². The Morgan fingerprint density at radius 1 is 1.03 bits per heavy atom. The second-order valence-corrected chi connectivity index (χ2v) is 10.7. The van der Waals surface area contributed by atoms with Crippen molar-refractivity contribution in [2.24, 2.45) is 0 Å². The number of likely N-dealkylation sites (tertiary alicyclic amines) is 1. The maximum Gasteiger partial charge on any atom is 0.311 e. The van der Waals surface area contributed by atoms with Crippen LogP contribution in [0.2, 0.25) is 0 Å². The van der Waals surface area contributed by atoms with Gasteiger partial charge >= 0.3 is 5.97 Å². The van der Waals surface area contributed by atoms with Gasteiger partial charge in [0.05, 0.1) is 5.56 Å². The van der Waals surface area contributed by atoms with E-state index in [4.69, 9.17) is 9.47 Å². The molecule has 0 N–H and O–H groups in total. The van der Waals surface area contributed by atoms with Gasteiger partial charge < -0.3 is 14.4 Å². The highest BCUT2D eigenvalue weighted by molar-refractivity contribution is 5.84. The van der Waals surface area contributed by atoms with Crippen molar-refractivity contribution in [1.82, 2.24) is 4.90 Å². The monoisotopic (exact) mass is 453 g/mol. The third kappa shape index (κ3) is 6.01. The van der Waals surface area contributed by atoms with Crippen molar-refractivity contribution in [3.63, 3.8) is 0 Å². The first-order valence-electron chi connectivity index (χ1n) is 13.5. The van der Waals surface area contributed by atoms with Gasteiger partial charge in [-0.3, -0.25) is 4.79 Å². The number of aryl methyl sites for hydroxylation is 1. The predicted octanol–water partition coefficient (Wildman–Crippen LogP) is 7.09. The number of allylic oxidation sites excluding steroid dienone is 1. The Balaban J connectivity index is 1.49. The lowest BCUT2D eigenvalue weighted by molar-refractivity contribution is -0.134. The van der Waals surface area contributed by atoms with Crippen LogP contribution in [0.15, 0.2) is 17.7 Å². The molecule has 33 heavy (non-hydrogen) atoms. The summed E-state index contributed by atoms with van der Waals surface area (Å²) in [6.45, 7) is 9.92. The number of hydrogen-bond donors (Lipinski definition) is 0. The van der Waals surface area contributed by atoms with E-state index in [0.29, 0.717) is 6.42 Å². The molecule has 1 aromatic rings. The molecule has 0 radical (unpaired) electrons. The molecule has 2 heterocycles. The largest absolute Gasteiger partial charge is 0.483 e. The summed E-state index contributed by atoms with van der Waals surface area (Å²) in [5.41, 5.74) is 4.71. The molecule has 2 aliphatic heterocycles. The Hall–Kier alpha value is -1.81. The summed E-state index contributed by atoms with van der Waals surface area (Å²) in [7, 11) is 0. The van der Waals surface area contributed by atoms with Crippen molar-refractivity contribution in [2.75, 3.05) is 19.6 Å². The Labute approximate surface area is 200 Å². The summed E-state index contributed by atoms with van der Waals surface area (Å²) in [4.78, 5) is 15.4. The van der Waals surface area contributed by atoms with Crippen LogP contribution in [0.5, 0.6) is 11.5 Å². The average molecular weight is 454 g/mol. The summed E-state index contributed by atoms with van der Waals surface area (Å²) in [6.07, 6.45) is 14.4. The van der Waals surface area contributed by atoms with E-state index in [2.05, 4.69) is 37.8 Å². The third-order valence-electron chi connectivity index (χ3n) is 7.58. The van der Waals surface area contributed by atoms with Crippen LogP contribution in [-0.2, 0) is 11.2 Å². The van der Waals surface area contributed by atoms with E-state index in [1.165, 1.54) is 68.3 Å². The van der Waals surface area contributed by atoms with Crippen LogP contribution in [0, 0.1) is 0 Å². The van der Waals surface area contributed by atoms with Crippen molar-refractivity contribution in [1.29, 1.82) is 0 Å². The number of ether oxygens (including phenoxy) is 2. The highest BCUT2D eigenvalue weighted by Crippen LogP contribution is 2.52. The Morgan fingerprint density at radius 3 is 2.58 bits per heavy atom. The molecule has 3 aliphatic rings. The van der Waals surface area contributed by atoms with E-state index in [0.717, 1.165) is 62.1 Å². The molecule has 182 valence electrons. The Kier molecular flexibility index (Phi) is 8.16. The lowest BCUT2D eigenvalue weighted by Gasteiger charge is -2.35. The normalized spacial score (nSPS) is 20.1. The molecular formula is C29H43NO3. The lowest BCUT2D eigenvalue weighted by atomic mass is 9.86. The van der Waals surface area contributed by atoms with Gasteiger partial charge in [0, 0.05) is 6.42 Å². The average Bonchev–Trinajstić information content (AvgIpc) is 3.13. The molecule has 1 saturated heterocycles. The van der Waals surface area contributed by atoms with Gasteiger partial charge in [-0.05, 0) is 114 Å². The summed E-state index contributed by atoms with van der Waals surface area (Å²) >= 11 is 0. The van der Waals surface area contributed by atoms with Gasteiger partial charge in [-0.15, -0.1) is 0 Å². The minimum atomic E-state index is -0.282. The fraction of sp³-hybridized carbons (Fsp3) is 0.690. The standard InChI is InChI=1S/C29H43NO3/c1-4-5-8-13-22-20-25(32-27(31)16-12-19-30-17-9-6-7-10-18-30)28-23-14-11-15-24(23)29(2,3)33-26(28)21-22/h20-21H,4-19H2,1-3H3. The van der Waals surface area contributed by atoms with Crippen LogP contribution in [-0.4, -0.2) is 36.1 Å². The third-order valence-corrected chi connectivity index (χ3v) is 7.58. The van der Waals surface area contributed by atoms with Crippen LogP contribution >= 0.6 is 0 Å². The van der Waals surface area contributed by atoms with Crippen molar-refractivity contribution in [2.45, 2.75) is 110 Å². The minimum absolute atomic E-state index is 0.109. The zero-order valence-electron chi connectivity index (χ0n) is 21.1. The van der Waals surface area contributed by atoms with E-state index >= 15 is 0 Å². The van der Waals surface area contributed by atoms with Crippen LogP contribution in [0.4, 0.5) is 0 Å². The molecule has 4 nitrogen and oxygen atoms in total. The van der Waals surface area contributed by atoms with E-state index in [1.54, 1.807) is 0 Å². The number of benzene rings is 1. The highest BCUT2D eigenvalue weighted by Gasteiger charge is 2.39. The molecular weight excluding hydrogens is 410 g/mol. The van der Waals surface area contributed by atoms with E-state index in [1.807, 2.05) is 0 Å². The first kappa shape index (κ1) is 24.3. The zero-order valence-corrected chi connectivity index (χ0v) is 21.1. The maximum absolute atomic E-state index is 12.9. The van der Waals surface area contributed by atoms with Crippen molar-refractivity contribution in [3.8, 4) is 11.5 Å². The quantitative estimate of drug-likeness (QED) is 0.227. The van der Waals surface area contributed by atoms with E-state index in [9.17, 15) is 4.79 Å². The number of fused-ring (bicyclic) bond motifs is 2. The number of esters is 1. The van der Waals surface area contributed by atoms with Crippen LogP contribution in [0.1, 0.15) is 109 Å². The molecule has 1 aromatic carbocycles. The van der Waals surface area contributed by atoms with Gasteiger partial charge in [-0.25, -0.2) is 0 Å². The molecule has 4 heteroatoms. The molecule has 0 saturated carbocycles. The number of carbonyl (C=O) groups excluding carboxylic acids is 1. The molecule has 0 atom stereocenters. The number of unbranched alkanes of at least 4 members (excludes halogenated alkanes) is 2. The first-order valence-corrected chi connectivity index (χ1v) is 13.5. The predicted molar refractivity (Wildman–Crippen MR) is 135 cm³/mol. The van der Waals surface area contributed by atoms with E-state index < -0.39 is 0 Å². The second kappa shape index (κ2) is 11.1. The topological polar surface area (TPSA) is 38.8 Å². The fourth-order valence-corrected chi connectivity index (χ4v) is 5.83. The van der Waals surface area contributed by atoms with Gasteiger partial charge in [0.25, 0.3) is 0 Å². The summed E-state index contributed by atoms with van der Waals surface area (Å²) < 4.78 is 12.6. The summed E-state index contributed by atoms with van der Waals surface area (Å²) in [5, 5.41) is 0. The Morgan fingerprint density at radius 2 is 1.82 bits per heavy atom. The van der Waals surface area contributed by atoms with Gasteiger partial charge in [0.1, 0.15) is 17.1 Å². The van der Waals surface area contributed by atoms with Gasteiger partial charge in [0.2, 0.25) is 0 Å². The molecule has 0 aromatic heterocycles. The SMILES string of the molecule is CCCCCc1cc(OC(=O)CCCN2CCCCCC2)c2c(c1)OC(C)(C)C1=C2CCC1. The van der Waals surface area contributed by atoms with Gasteiger partial charge in [0.15, 0.2) is 0 Å². The zero-order chi connectivity index (χ0) is 23.3. The smallest absolute Gasteiger partial charge is 0.311 e. The van der Waals surface area contributed by atoms with Crippen LogP contribution in [0.25, 0.3) is 5.57 Å². The highest BCUT2D eigenvalue weighted by atomic mass is 16.5. The molecule has 0 amide bonds. The molecule has 0 spiro atoms. The maximum atomic E-state index is 12.9. The number of nitrogens with zero attached hydrogens (tertiary/aromatic N) is 1. The minimum Gasteiger partial charge on any atom is -0.483 e. The number of carbonyl (C=O) groups is 1. The summed E-state index contributed by atoms with van der Waals surface area (Å²) in [6, 6.07) is 4.32.